The molecule has 0 saturated heterocycles. The minimum atomic E-state index is -0.357. The SMILES string of the molecule is CCC(=O)C(CCC(N)=O)NC(C)C. The van der Waals surface area contributed by atoms with Gasteiger partial charge in [0.05, 0.1) is 6.04 Å². The van der Waals surface area contributed by atoms with Gasteiger partial charge < -0.3 is 11.1 Å². The lowest BCUT2D eigenvalue weighted by atomic mass is 10.0. The molecule has 0 heterocycles. The van der Waals surface area contributed by atoms with E-state index < -0.39 is 0 Å². The van der Waals surface area contributed by atoms with Gasteiger partial charge in [-0.05, 0) is 6.42 Å². The van der Waals surface area contributed by atoms with Crippen molar-refractivity contribution in [3.05, 3.63) is 0 Å². The summed E-state index contributed by atoms with van der Waals surface area (Å²) in [6.07, 6.45) is 1.25. The van der Waals surface area contributed by atoms with Crippen molar-refractivity contribution in [3.63, 3.8) is 0 Å². The molecule has 0 radical (unpaired) electrons. The van der Waals surface area contributed by atoms with E-state index in [1.165, 1.54) is 0 Å². The molecule has 0 aromatic heterocycles. The highest BCUT2D eigenvalue weighted by Crippen LogP contribution is 2.02. The Labute approximate surface area is 85.2 Å². The molecule has 82 valence electrons. The molecule has 1 atom stereocenters. The maximum Gasteiger partial charge on any atom is 0.217 e. The fraction of sp³-hybridized carbons (Fsp3) is 0.800. The van der Waals surface area contributed by atoms with Crippen LogP contribution in [0.1, 0.15) is 40.0 Å². The van der Waals surface area contributed by atoms with Crippen LogP contribution in [0.25, 0.3) is 0 Å². The molecule has 14 heavy (non-hydrogen) atoms. The van der Waals surface area contributed by atoms with Crippen molar-refractivity contribution >= 4 is 11.7 Å². The van der Waals surface area contributed by atoms with Crippen LogP contribution in [-0.4, -0.2) is 23.8 Å². The first-order valence-corrected chi connectivity index (χ1v) is 5.04. The van der Waals surface area contributed by atoms with E-state index in [2.05, 4.69) is 5.32 Å². The van der Waals surface area contributed by atoms with Gasteiger partial charge in [-0.25, -0.2) is 0 Å². The third-order valence-corrected chi connectivity index (χ3v) is 1.95. The number of carbonyl (C=O) groups excluding carboxylic acids is 2. The van der Waals surface area contributed by atoms with Crippen LogP contribution in [0, 0.1) is 0 Å². The first-order chi connectivity index (χ1) is 6.47. The Balaban J connectivity index is 4.10. The molecule has 1 amide bonds. The van der Waals surface area contributed by atoms with E-state index in [4.69, 9.17) is 5.73 Å². The second-order valence-corrected chi connectivity index (χ2v) is 3.70. The van der Waals surface area contributed by atoms with E-state index in [-0.39, 0.29) is 30.2 Å². The summed E-state index contributed by atoms with van der Waals surface area (Å²) in [5.74, 6) is -0.218. The Hall–Kier alpha value is -0.900. The first kappa shape index (κ1) is 13.1. The molecular weight excluding hydrogens is 180 g/mol. The smallest absolute Gasteiger partial charge is 0.217 e. The van der Waals surface area contributed by atoms with Crippen molar-refractivity contribution in [2.24, 2.45) is 5.73 Å². The van der Waals surface area contributed by atoms with Gasteiger partial charge in [-0.3, -0.25) is 9.59 Å². The van der Waals surface area contributed by atoms with Gasteiger partial charge in [0.15, 0.2) is 0 Å². The minimum Gasteiger partial charge on any atom is -0.370 e. The summed E-state index contributed by atoms with van der Waals surface area (Å²) in [7, 11) is 0. The predicted octanol–water partition coefficient (Wildman–Crippen LogP) is 0.598. The van der Waals surface area contributed by atoms with Gasteiger partial charge in [0.2, 0.25) is 5.91 Å². The zero-order chi connectivity index (χ0) is 11.1. The number of primary amides is 1. The molecular formula is C10H20N2O2. The fourth-order valence-electron chi connectivity index (χ4n) is 1.27. The summed E-state index contributed by atoms with van der Waals surface area (Å²) in [4.78, 5) is 22.0. The van der Waals surface area contributed by atoms with E-state index in [0.29, 0.717) is 12.8 Å². The topological polar surface area (TPSA) is 72.2 Å². The van der Waals surface area contributed by atoms with E-state index >= 15 is 0 Å². The highest BCUT2D eigenvalue weighted by Gasteiger charge is 2.17. The lowest BCUT2D eigenvalue weighted by Gasteiger charge is -2.18. The van der Waals surface area contributed by atoms with Crippen LogP contribution in [-0.2, 0) is 9.59 Å². The monoisotopic (exact) mass is 200 g/mol. The van der Waals surface area contributed by atoms with E-state index in [0.717, 1.165) is 0 Å². The molecule has 0 bridgehead atoms. The molecule has 4 heteroatoms. The predicted molar refractivity (Wildman–Crippen MR) is 55.8 cm³/mol. The molecule has 0 fully saturated rings. The van der Waals surface area contributed by atoms with E-state index in [1.54, 1.807) is 0 Å². The van der Waals surface area contributed by atoms with Crippen molar-refractivity contribution in [3.8, 4) is 0 Å². The van der Waals surface area contributed by atoms with Crippen LogP contribution >= 0.6 is 0 Å². The average Bonchev–Trinajstić information content (AvgIpc) is 2.10. The lowest BCUT2D eigenvalue weighted by molar-refractivity contribution is -0.121. The number of amides is 1. The van der Waals surface area contributed by atoms with Crippen LogP contribution in [0.2, 0.25) is 0 Å². The maximum atomic E-state index is 11.4. The van der Waals surface area contributed by atoms with Crippen LogP contribution in [0.3, 0.4) is 0 Å². The summed E-state index contributed by atoms with van der Waals surface area (Å²) in [5, 5.41) is 3.13. The second kappa shape index (κ2) is 6.54. The number of nitrogens with one attached hydrogen (secondary N) is 1. The summed E-state index contributed by atoms with van der Waals surface area (Å²) in [6.45, 7) is 5.77. The molecule has 0 spiro atoms. The van der Waals surface area contributed by atoms with E-state index in [1.807, 2.05) is 20.8 Å². The van der Waals surface area contributed by atoms with Crippen LogP contribution in [0.15, 0.2) is 0 Å². The normalized spacial score (nSPS) is 12.9. The quantitative estimate of drug-likeness (QED) is 0.632. The molecule has 0 aromatic rings. The zero-order valence-electron chi connectivity index (χ0n) is 9.17. The van der Waals surface area contributed by atoms with Crippen LogP contribution < -0.4 is 11.1 Å². The molecule has 0 saturated carbocycles. The summed E-state index contributed by atoms with van der Waals surface area (Å²) < 4.78 is 0. The number of ketones is 1. The van der Waals surface area contributed by atoms with Crippen molar-refractivity contribution < 1.29 is 9.59 Å². The van der Waals surface area contributed by atoms with Crippen molar-refractivity contribution in [1.82, 2.24) is 5.32 Å². The van der Waals surface area contributed by atoms with Gasteiger partial charge in [-0.2, -0.15) is 0 Å². The molecule has 0 aliphatic rings. The van der Waals surface area contributed by atoms with E-state index in [9.17, 15) is 9.59 Å². The second-order valence-electron chi connectivity index (χ2n) is 3.70. The number of rotatable bonds is 7. The Morgan fingerprint density at radius 1 is 1.36 bits per heavy atom. The third kappa shape index (κ3) is 5.70. The summed E-state index contributed by atoms with van der Waals surface area (Å²) in [6, 6.07) is 0.0101. The van der Waals surface area contributed by atoms with Crippen molar-refractivity contribution in [2.45, 2.75) is 52.1 Å². The molecule has 0 aliphatic carbocycles. The number of hydrogen-bond donors (Lipinski definition) is 2. The molecule has 1 unspecified atom stereocenters. The number of hydrogen-bond acceptors (Lipinski definition) is 3. The zero-order valence-corrected chi connectivity index (χ0v) is 9.17. The van der Waals surface area contributed by atoms with Gasteiger partial charge in [0.25, 0.3) is 0 Å². The molecule has 0 aliphatic heterocycles. The Bertz CT molecular complexity index is 202. The van der Waals surface area contributed by atoms with Gasteiger partial charge >= 0.3 is 0 Å². The fourth-order valence-corrected chi connectivity index (χ4v) is 1.27. The van der Waals surface area contributed by atoms with Gasteiger partial charge in [0.1, 0.15) is 5.78 Å². The number of Topliss-reactive ketones (excluding diaryl/α,β-unsaturated/α-hetero) is 1. The third-order valence-electron chi connectivity index (χ3n) is 1.95. The van der Waals surface area contributed by atoms with Crippen molar-refractivity contribution in [2.75, 3.05) is 0 Å². The minimum absolute atomic E-state index is 0.139. The van der Waals surface area contributed by atoms with Gasteiger partial charge in [-0.15, -0.1) is 0 Å². The Morgan fingerprint density at radius 3 is 2.29 bits per heavy atom. The Morgan fingerprint density at radius 2 is 1.93 bits per heavy atom. The average molecular weight is 200 g/mol. The highest BCUT2D eigenvalue weighted by atomic mass is 16.1. The standard InChI is InChI=1S/C10H20N2O2/c1-4-9(13)8(12-7(2)3)5-6-10(11)14/h7-8,12H,4-6H2,1-3H3,(H2,11,14). The van der Waals surface area contributed by atoms with Gasteiger partial charge in [0, 0.05) is 18.9 Å². The summed E-state index contributed by atoms with van der Waals surface area (Å²) in [5.41, 5.74) is 5.04. The number of nitrogens with two attached hydrogens (primary N) is 1. The van der Waals surface area contributed by atoms with Gasteiger partial charge in [-0.1, -0.05) is 20.8 Å². The van der Waals surface area contributed by atoms with Crippen molar-refractivity contribution in [1.29, 1.82) is 0 Å². The lowest BCUT2D eigenvalue weighted by Crippen LogP contribution is -2.41. The number of carbonyl (C=O) groups is 2. The first-order valence-electron chi connectivity index (χ1n) is 5.04. The molecule has 0 rings (SSSR count). The van der Waals surface area contributed by atoms with Crippen LogP contribution in [0.5, 0.6) is 0 Å². The van der Waals surface area contributed by atoms with Crippen LogP contribution in [0.4, 0.5) is 0 Å². The summed E-state index contributed by atoms with van der Waals surface area (Å²) >= 11 is 0. The Kier molecular flexibility index (Phi) is 6.12. The molecule has 3 N–H and O–H groups in total. The largest absolute Gasteiger partial charge is 0.370 e. The molecule has 0 aromatic carbocycles. The maximum absolute atomic E-state index is 11.4. The molecule has 4 nitrogen and oxygen atoms in total. The highest BCUT2D eigenvalue weighted by molar-refractivity contribution is 5.84.